The Bertz CT molecular complexity index is 681. The van der Waals surface area contributed by atoms with Gasteiger partial charge in [0, 0.05) is 24.1 Å². The minimum atomic E-state index is -0.565. The summed E-state index contributed by atoms with van der Waals surface area (Å²) in [6, 6.07) is 18.3. The van der Waals surface area contributed by atoms with Gasteiger partial charge in [0.05, 0.1) is 6.61 Å². The zero-order valence-electron chi connectivity index (χ0n) is 13.2. The molecule has 0 radical (unpaired) electrons. The van der Waals surface area contributed by atoms with Crippen LogP contribution in [-0.4, -0.2) is 30.6 Å². The van der Waals surface area contributed by atoms with Crippen LogP contribution in [0.5, 0.6) is 0 Å². The van der Waals surface area contributed by atoms with E-state index in [-0.39, 0.29) is 5.97 Å². The lowest BCUT2D eigenvalue weighted by Crippen LogP contribution is -2.63. The van der Waals surface area contributed by atoms with Crippen LogP contribution in [-0.2, 0) is 21.5 Å². The van der Waals surface area contributed by atoms with E-state index in [0.29, 0.717) is 19.7 Å². The first-order chi connectivity index (χ1) is 11.2. The molecule has 0 atom stereocenters. The zero-order valence-corrected chi connectivity index (χ0v) is 14.8. The number of likely N-dealkylation sites (tertiary alicyclic amines) is 1. The van der Waals surface area contributed by atoms with Crippen molar-refractivity contribution in [1.29, 1.82) is 0 Å². The molecule has 0 N–H and O–H groups in total. The van der Waals surface area contributed by atoms with Crippen LogP contribution in [0.2, 0.25) is 0 Å². The van der Waals surface area contributed by atoms with Crippen molar-refractivity contribution in [2.24, 2.45) is 0 Å². The van der Waals surface area contributed by atoms with Crippen molar-refractivity contribution in [3.8, 4) is 0 Å². The maximum Gasteiger partial charge on any atom is 0.319 e. The van der Waals surface area contributed by atoms with Gasteiger partial charge in [0.15, 0.2) is 0 Å². The molecule has 0 bridgehead atoms. The third-order valence-electron chi connectivity index (χ3n) is 4.29. The van der Waals surface area contributed by atoms with Gasteiger partial charge in [0.2, 0.25) is 0 Å². The fourth-order valence-electron chi connectivity index (χ4n) is 3.20. The number of hydrogen-bond donors (Lipinski definition) is 0. The molecule has 0 aliphatic carbocycles. The summed E-state index contributed by atoms with van der Waals surface area (Å²) in [5.74, 6) is -0.129. The Labute approximate surface area is 145 Å². The topological polar surface area (TPSA) is 29.5 Å². The molecule has 0 aromatic heterocycles. The molecule has 1 aliphatic rings. The van der Waals surface area contributed by atoms with Gasteiger partial charge < -0.3 is 4.74 Å². The lowest BCUT2D eigenvalue weighted by Gasteiger charge is -2.48. The van der Waals surface area contributed by atoms with E-state index in [1.807, 2.05) is 49.4 Å². The first kappa shape index (κ1) is 16.2. The fraction of sp³-hybridized carbons (Fsp3) is 0.316. The fourth-order valence-corrected chi connectivity index (χ4v) is 3.86. The summed E-state index contributed by atoms with van der Waals surface area (Å²) < 4.78 is 6.34. The zero-order chi connectivity index (χ0) is 16.3. The van der Waals surface area contributed by atoms with E-state index in [1.54, 1.807) is 0 Å². The predicted molar refractivity (Wildman–Crippen MR) is 94.2 cm³/mol. The summed E-state index contributed by atoms with van der Waals surface area (Å²) in [5, 5.41) is 0. The Hall–Kier alpha value is -1.65. The monoisotopic (exact) mass is 373 g/mol. The summed E-state index contributed by atoms with van der Waals surface area (Å²) >= 11 is 3.59. The van der Waals surface area contributed by atoms with Crippen LogP contribution in [0.25, 0.3) is 0 Å². The summed E-state index contributed by atoms with van der Waals surface area (Å²) in [4.78, 5) is 14.9. The van der Waals surface area contributed by atoms with Gasteiger partial charge >= 0.3 is 5.97 Å². The van der Waals surface area contributed by atoms with E-state index >= 15 is 0 Å². The Morgan fingerprint density at radius 2 is 1.78 bits per heavy atom. The van der Waals surface area contributed by atoms with Crippen molar-refractivity contribution in [3.05, 3.63) is 70.2 Å². The molecule has 0 saturated carbocycles. The molecule has 1 aliphatic heterocycles. The van der Waals surface area contributed by atoms with Gasteiger partial charge in [-0.15, -0.1) is 0 Å². The van der Waals surface area contributed by atoms with E-state index < -0.39 is 5.41 Å². The third kappa shape index (κ3) is 3.19. The van der Waals surface area contributed by atoms with Crippen molar-refractivity contribution >= 4 is 21.9 Å². The van der Waals surface area contributed by atoms with E-state index in [1.165, 1.54) is 5.56 Å². The molecular formula is C19H20BrNO2. The van der Waals surface area contributed by atoms with Crippen molar-refractivity contribution in [2.75, 3.05) is 19.7 Å². The van der Waals surface area contributed by atoms with E-state index in [0.717, 1.165) is 16.6 Å². The Balaban J connectivity index is 1.81. The number of ether oxygens (including phenoxy) is 1. The predicted octanol–water partition coefficient (Wildman–Crippen LogP) is 3.77. The smallest absolute Gasteiger partial charge is 0.319 e. The first-order valence-corrected chi connectivity index (χ1v) is 8.63. The normalized spacial score (nSPS) is 16.6. The molecule has 120 valence electrons. The standard InChI is InChI=1S/C19H20BrNO2/c1-2-23-18(22)19(16-10-6-7-11-17(16)20)13-21(14-19)12-15-8-4-3-5-9-15/h3-11H,2,12-14H2,1H3. The van der Waals surface area contributed by atoms with Crippen LogP contribution in [0.3, 0.4) is 0 Å². The first-order valence-electron chi connectivity index (χ1n) is 7.84. The largest absolute Gasteiger partial charge is 0.465 e. The van der Waals surface area contributed by atoms with Gasteiger partial charge in [-0.25, -0.2) is 0 Å². The number of benzene rings is 2. The van der Waals surface area contributed by atoms with Crippen LogP contribution in [0.4, 0.5) is 0 Å². The average Bonchev–Trinajstić information content (AvgIpc) is 2.52. The van der Waals surface area contributed by atoms with Crippen LogP contribution < -0.4 is 0 Å². The molecule has 1 heterocycles. The molecule has 2 aromatic carbocycles. The molecule has 0 spiro atoms. The number of hydrogen-bond acceptors (Lipinski definition) is 3. The maximum atomic E-state index is 12.6. The highest BCUT2D eigenvalue weighted by Crippen LogP contribution is 2.40. The second-order valence-electron chi connectivity index (χ2n) is 5.91. The molecule has 4 heteroatoms. The van der Waals surface area contributed by atoms with Crippen molar-refractivity contribution in [1.82, 2.24) is 4.90 Å². The number of esters is 1. The highest BCUT2D eigenvalue weighted by molar-refractivity contribution is 9.10. The molecule has 0 amide bonds. The van der Waals surface area contributed by atoms with E-state index in [2.05, 4.69) is 33.0 Å². The Morgan fingerprint density at radius 3 is 2.43 bits per heavy atom. The minimum absolute atomic E-state index is 0.129. The highest BCUT2D eigenvalue weighted by Gasteiger charge is 2.52. The molecule has 0 unspecified atom stereocenters. The highest BCUT2D eigenvalue weighted by atomic mass is 79.9. The second-order valence-corrected chi connectivity index (χ2v) is 6.77. The molecule has 1 saturated heterocycles. The average molecular weight is 374 g/mol. The Morgan fingerprint density at radius 1 is 1.13 bits per heavy atom. The molecule has 23 heavy (non-hydrogen) atoms. The lowest BCUT2D eigenvalue weighted by molar-refractivity contribution is -0.158. The van der Waals surface area contributed by atoms with Crippen LogP contribution in [0, 0.1) is 0 Å². The van der Waals surface area contributed by atoms with Crippen LogP contribution in [0.15, 0.2) is 59.1 Å². The van der Waals surface area contributed by atoms with Gasteiger partial charge in [0.25, 0.3) is 0 Å². The van der Waals surface area contributed by atoms with E-state index in [9.17, 15) is 4.79 Å². The minimum Gasteiger partial charge on any atom is -0.465 e. The van der Waals surface area contributed by atoms with Crippen LogP contribution in [0.1, 0.15) is 18.1 Å². The number of nitrogens with zero attached hydrogens (tertiary/aromatic N) is 1. The quantitative estimate of drug-likeness (QED) is 0.747. The lowest BCUT2D eigenvalue weighted by atomic mass is 9.73. The number of rotatable bonds is 5. The second kappa shape index (κ2) is 6.85. The van der Waals surface area contributed by atoms with Crippen molar-refractivity contribution < 1.29 is 9.53 Å². The molecule has 3 rings (SSSR count). The van der Waals surface area contributed by atoms with Gasteiger partial charge in [0.1, 0.15) is 5.41 Å². The molecule has 3 nitrogen and oxygen atoms in total. The van der Waals surface area contributed by atoms with Crippen molar-refractivity contribution in [2.45, 2.75) is 18.9 Å². The van der Waals surface area contributed by atoms with Gasteiger partial charge in [-0.3, -0.25) is 9.69 Å². The van der Waals surface area contributed by atoms with Gasteiger partial charge in [-0.1, -0.05) is 64.5 Å². The summed E-state index contributed by atoms with van der Waals surface area (Å²) in [6.07, 6.45) is 0. The van der Waals surface area contributed by atoms with E-state index in [4.69, 9.17) is 4.74 Å². The van der Waals surface area contributed by atoms with Gasteiger partial charge in [-0.2, -0.15) is 0 Å². The Kier molecular flexibility index (Phi) is 4.83. The number of carbonyl (C=O) groups excluding carboxylic acids is 1. The van der Waals surface area contributed by atoms with Gasteiger partial charge in [-0.05, 0) is 24.1 Å². The van der Waals surface area contributed by atoms with Crippen molar-refractivity contribution in [3.63, 3.8) is 0 Å². The summed E-state index contributed by atoms with van der Waals surface area (Å²) in [7, 11) is 0. The number of halogens is 1. The summed E-state index contributed by atoms with van der Waals surface area (Å²) in [6.45, 7) is 4.48. The maximum absolute atomic E-state index is 12.6. The van der Waals surface area contributed by atoms with Crippen LogP contribution >= 0.6 is 15.9 Å². The molecule has 1 fully saturated rings. The molecular weight excluding hydrogens is 354 g/mol. The third-order valence-corrected chi connectivity index (χ3v) is 4.98. The summed E-state index contributed by atoms with van der Waals surface area (Å²) in [5.41, 5.74) is 1.71. The SMILES string of the molecule is CCOC(=O)C1(c2ccccc2Br)CN(Cc2ccccc2)C1. The number of carbonyl (C=O) groups is 1. The molecule has 2 aromatic rings.